The number of aryl methyl sites for hydroxylation is 1. The lowest BCUT2D eigenvalue weighted by molar-refractivity contribution is 0.547. The summed E-state index contributed by atoms with van der Waals surface area (Å²) in [7, 11) is -3.19. The van der Waals surface area contributed by atoms with Gasteiger partial charge < -0.3 is 9.88 Å². The lowest BCUT2D eigenvalue weighted by Gasteiger charge is -2.14. The highest BCUT2D eigenvalue weighted by atomic mass is 32.2. The zero-order valence-corrected chi connectivity index (χ0v) is 12.8. The molecule has 20 heavy (non-hydrogen) atoms. The highest BCUT2D eigenvalue weighted by Crippen LogP contribution is 2.18. The van der Waals surface area contributed by atoms with Gasteiger partial charge in [0.2, 0.25) is 10.0 Å². The molecule has 1 aromatic rings. The second kappa shape index (κ2) is 7.19. The summed E-state index contributed by atoms with van der Waals surface area (Å²) in [6.07, 6.45) is 9.56. The number of nitrogens with one attached hydrogen (secondary N) is 2. The van der Waals surface area contributed by atoms with E-state index in [4.69, 9.17) is 0 Å². The van der Waals surface area contributed by atoms with E-state index in [1.165, 1.54) is 12.8 Å². The summed E-state index contributed by atoms with van der Waals surface area (Å²) >= 11 is 0. The molecule has 0 amide bonds. The second-order valence-corrected chi connectivity index (χ2v) is 7.62. The molecule has 0 saturated heterocycles. The van der Waals surface area contributed by atoms with Gasteiger partial charge >= 0.3 is 0 Å². The monoisotopic (exact) mass is 300 g/mol. The van der Waals surface area contributed by atoms with Crippen molar-refractivity contribution in [1.29, 1.82) is 0 Å². The van der Waals surface area contributed by atoms with Crippen molar-refractivity contribution in [3.8, 4) is 0 Å². The first-order valence-corrected chi connectivity index (χ1v) is 8.80. The highest BCUT2D eigenvalue weighted by molar-refractivity contribution is 7.90. The fraction of sp³-hybridized carbons (Fsp3) is 0.769. The van der Waals surface area contributed by atoms with Crippen LogP contribution in [0.2, 0.25) is 0 Å². The fourth-order valence-electron chi connectivity index (χ4n) is 1.92. The fourth-order valence-corrected chi connectivity index (χ4v) is 2.95. The Hall–Kier alpha value is -0.920. The van der Waals surface area contributed by atoms with E-state index < -0.39 is 10.0 Å². The van der Waals surface area contributed by atoms with Crippen molar-refractivity contribution in [2.24, 2.45) is 0 Å². The van der Waals surface area contributed by atoms with Crippen molar-refractivity contribution in [1.82, 2.24) is 19.6 Å². The topological polar surface area (TPSA) is 76.0 Å². The Morgan fingerprint density at radius 1 is 1.40 bits per heavy atom. The van der Waals surface area contributed by atoms with E-state index in [9.17, 15) is 8.42 Å². The van der Waals surface area contributed by atoms with E-state index in [-0.39, 0.29) is 5.25 Å². The Bertz CT molecular complexity index is 482. The van der Waals surface area contributed by atoms with Gasteiger partial charge in [0.05, 0.1) is 11.6 Å². The van der Waals surface area contributed by atoms with Gasteiger partial charge in [-0.25, -0.2) is 18.1 Å². The van der Waals surface area contributed by atoms with Crippen LogP contribution in [0.4, 0.5) is 0 Å². The smallest absolute Gasteiger partial charge is 0.215 e. The van der Waals surface area contributed by atoms with Gasteiger partial charge in [0, 0.05) is 38.1 Å². The molecule has 1 fully saturated rings. The van der Waals surface area contributed by atoms with E-state index in [2.05, 4.69) is 15.0 Å². The molecule has 1 aliphatic carbocycles. The van der Waals surface area contributed by atoms with E-state index in [0.29, 0.717) is 19.1 Å². The van der Waals surface area contributed by atoms with Crippen LogP contribution in [0.1, 0.15) is 32.6 Å². The van der Waals surface area contributed by atoms with E-state index in [0.717, 1.165) is 19.4 Å². The molecule has 114 valence electrons. The predicted octanol–water partition coefficient (Wildman–Crippen LogP) is 0.723. The molecule has 1 atom stereocenters. The zero-order valence-electron chi connectivity index (χ0n) is 12.0. The van der Waals surface area contributed by atoms with E-state index in [1.54, 1.807) is 19.4 Å². The van der Waals surface area contributed by atoms with Gasteiger partial charge in [-0.15, -0.1) is 0 Å². The molecule has 2 N–H and O–H groups in total. The average molecular weight is 300 g/mol. The number of hydrogen-bond acceptors (Lipinski definition) is 4. The molecule has 6 nitrogen and oxygen atoms in total. The molecular formula is C13H24N4O2S. The van der Waals surface area contributed by atoms with Crippen molar-refractivity contribution in [2.45, 2.75) is 50.4 Å². The van der Waals surface area contributed by atoms with Crippen LogP contribution in [0.15, 0.2) is 18.7 Å². The first-order chi connectivity index (χ1) is 9.58. The Morgan fingerprint density at radius 3 is 2.85 bits per heavy atom. The van der Waals surface area contributed by atoms with Crippen molar-refractivity contribution in [3.63, 3.8) is 0 Å². The van der Waals surface area contributed by atoms with Crippen LogP contribution in [0.25, 0.3) is 0 Å². The summed E-state index contributed by atoms with van der Waals surface area (Å²) in [4.78, 5) is 3.97. The summed E-state index contributed by atoms with van der Waals surface area (Å²) in [5, 5.41) is 2.88. The van der Waals surface area contributed by atoms with Crippen LogP contribution in [0.5, 0.6) is 0 Å². The van der Waals surface area contributed by atoms with Crippen LogP contribution in [0, 0.1) is 0 Å². The quantitative estimate of drug-likeness (QED) is 0.624. The van der Waals surface area contributed by atoms with E-state index in [1.807, 2.05) is 10.8 Å². The summed E-state index contributed by atoms with van der Waals surface area (Å²) in [6.45, 7) is 3.67. The molecule has 2 rings (SSSR count). The lowest BCUT2D eigenvalue weighted by Crippen LogP contribution is -2.39. The lowest BCUT2D eigenvalue weighted by atomic mass is 10.3. The number of hydrogen-bond donors (Lipinski definition) is 2. The largest absolute Gasteiger partial charge is 0.337 e. The maximum absolute atomic E-state index is 12.0. The van der Waals surface area contributed by atoms with Crippen molar-refractivity contribution in [3.05, 3.63) is 18.7 Å². The predicted molar refractivity (Wildman–Crippen MR) is 78.9 cm³/mol. The van der Waals surface area contributed by atoms with Crippen LogP contribution < -0.4 is 10.0 Å². The minimum atomic E-state index is -3.19. The number of imidazole rings is 1. The Morgan fingerprint density at radius 2 is 2.20 bits per heavy atom. The van der Waals surface area contributed by atoms with Crippen molar-refractivity contribution in [2.75, 3.05) is 13.1 Å². The summed E-state index contributed by atoms with van der Waals surface area (Å²) < 4.78 is 28.7. The summed E-state index contributed by atoms with van der Waals surface area (Å²) in [6, 6.07) is 0.544. The average Bonchev–Trinajstić information content (AvgIpc) is 3.10. The minimum absolute atomic E-state index is 0.378. The third-order valence-corrected chi connectivity index (χ3v) is 5.34. The standard InChI is InChI=1S/C13H24N4O2S/c1-12(10-15-13-4-5-13)20(18,19)16-6-2-3-8-17-9-7-14-11-17/h7,9,11-13,15-16H,2-6,8,10H2,1H3. The second-order valence-electron chi connectivity index (χ2n) is 5.44. The van der Waals surface area contributed by atoms with Crippen LogP contribution >= 0.6 is 0 Å². The molecule has 1 aliphatic rings. The van der Waals surface area contributed by atoms with Gasteiger partial charge in [-0.05, 0) is 32.6 Å². The number of sulfonamides is 1. The summed E-state index contributed by atoms with van der Waals surface area (Å²) in [5.41, 5.74) is 0. The molecule has 0 aromatic carbocycles. The Labute approximate surface area is 121 Å². The normalized spacial score (nSPS) is 17.2. The SMILES string of the molecule is CC(CNC1CC1)S(=O)(=O)NCCCCn1ccnc1. The van der Waals surface area contributed by atoms with E-state index >= 15 is 0 Å². The number of rotatable bonds is 10. The third kappa shape index (κ3) is 5.22. The van der Waals surface area contributed by atoms with Gasteiger partial charge in [-0.3, -0.25) is 0 Å². The van der Waals surface area contributed by atoms with Gasteiger partial charge in [-0.1, -0.05) is 0 Å². The summed E-state index contributed by atoms with van der Waals surface area (Å²) in [5.74, 6) is 0. The molecule has 0 radical (unpaired) electrons. The van der Waals surface area contributed by atoms with Gasteiger partial charge in [0.1, 0.15) is 0 Å². The molecule has 1 saturated carbocycles. The van der Waals surface area contributed by atoms with Crippen LogP contribution in [-0.2, 0) is 16.6 Å². The molecule has 7 heteroatoms. The van der Waals surface area contributed by atoms with Gasteiger partial charge in [0.25, 0.3) is 0 Å². The first kappa shape index (κ1) is 15.5. The Balaban J connectivity index is 1.58. The maximum atomic E-state index is 12.0. The number of aromatic nitrogens is 2. The maximum Gasteiger partial charge on any atom is 0.215 e. The third-order valence-electron chi connectivity index (χ3n) is 3.51. The Kier molecular flexibility index (Phi) is 5.56. The number of unbranched alkanes of at least 4 members (excludes halogenated alkanes) is 1. The first-order valence-electron chi connectivity index (χ1n) is 7.25. The molecule has 1 aromatic heterocycles. The molecule has 0 bridgehead atoms. The van der Waals surface area contributed by atoms with Crippen molar-refractivity contribution < 1.29 is 8.42 Å². The zero-order chi connectivity index (χ0) is 14.4. The molecule has 0 aliphatic heterocycles. The minimum Gasteiger partial charge on any atom is -0.337 e. The van der Waals surface area contributed by atoms with Crippen molar-refractivity contribution >= 4 is 10.0 Å². The molecular weight excluding hydrogens is 276 g/mol. The molecule has 0 spiro atoms. The number of nitrogens with zero attached hydrogens (tertiary/aromatic N) is 2. The molecule has 1 heterocycles. The highest BCUT2D eigenvalue weighted by Gasteiger charge is 2.25. The van der Waals surface area contributed by atoms with Gasteiger partial charge in [0.15, 0.2) is 0 Å². The molecule has 1 unspecified atom stereocenters. The van der Waals surface area contributed by atoms with Gasteiger partial charge in [-0.2, -0.15) is 0 Å². The van der Waals surface area contributed by atoms with Crippen LogP contribution in [0.3, 0.4) is 0 Å². The van der Waals surface area contributed by atoms with Crippen LogP contribution in [-0.4, -0.2) is 42.4 Å².